The molecule has 0 N–H and O–H groups in total. The summed E-state index contributed by atoms with van der Waals surface area (Å²) in [6.45, 7) is 8.51. The summed E-state index contributed by atoms with van der Waals surface area (Å²) in [5, 5.41) is 1.04. The maximum Gasteiger partial charge on any atom is 0.228 e. The number of thiazole rings is 1. The van der Waals surface area contributed by atoms with Gasteiger partial charge in [0.25, 0.3) is 0 Å². The third-order valence-electron chi connectivity index (χ3n) is 4.29. The van der Waals surface area contributed by atoms with Crippen LogP contribution in [0.3, 0.4) is 0 Å². The van der Waals surface area contributed by atoms with Gasteiger partial charge in [-0.15, -0.1) is 11.3 Å². The first-order valence-electron chi connectivity index (χ1n) is 8.09. The summed E-state index contributed by atoms with van der Waals surface area (Å²) >= 11 is 1.67. The highest BCUT2D eigenvalue weighted by Gasteiger charge is 2.22. The summed E-state index contributed by atoms with van der Waals surface area (Å²) in [5.74, 6) is 0.206. The molecule has 4 nitrogen and oxygen atoms in total. The number of rotatable bonds is 4. The Morgan fingerprint density at radius 2 is 1.83 bits per heavy atom. The number of amides is 1. The van der Waals surface area contributed by atoms with E-state index < -0.39 is 0 Å². The molecule has 1 aromatic heterocycles. The van der Waals surface area contributed by atoms with Gasteiger partial charge in [-0.3, -0.25) is 9.69 Å². The first kappa shape index (κ1) is 16.1. The molecule has 5 heteroatoms. The van der Waals surface area contributed by atoms with Crippen LogP contribution in [0.5, 0.6) is 0 Å². The Kier molecular flexibility index (Phi) is 5.08. The van der Waals surface area contributed by atoms with Crippen LogP contribution in [0.25, 0.3) is 0 Å². The van der Waals surface area contributed by atoms with Crippen LogP contribution < -0.4 is 0 Å². The van der Waals surface area contributed by atoms with Crippen LogP contribution in [0.4, 0.5) is 0 Å². The van der Waals surface area contributed by atoms with E-state index in [0.717, 1.165) is 43.4 Å². The molecule has 122 valence electrons. The highest BCUT2D eigenvalue weighted by atomic mass is 32.1. The normalized spacial score (nSPS) is 15.8. The monoisotopic (exact) mass is 329 g/mol. The molecule has 1 aromatic carbocycles. The Balaban J connectivity index is 1.50. The van der Waals surface area contributed by atoms with Gasteiger partial charge in [-0.25, -0.2) is 4.98 Å². The minimum atomic E-state index is 0.206. The number of hydrogen-bond acceptors (Lipinski definition) is 4. The minimum Gasteiger partial charge on any atom is -0.340 e. The summed E-state index contributed by atoms with van der Waals surface area (Å²) < 4.78 is 0. The van der Waals surface area contributed by atoms with Crippen LogP contribution in [0.2, 0.25) is 0 Å². The third kappa shape index (κ3) is 4.18. The summed E-state index contributed by atoms with van der Waals surface area (Å²) in [6.07, 6.45) is 0.439. The van der Waals surface area contributed by atoms with E-state index in [4.69, 9.17) is 0 Å². The quantitative estimate of drug-likeness (QED) is 0.865. The van der Waals surface area contributed by atoms with Gasteiger partial charge in [-0.2, -0.15) is 0 Å². The van der Waals surface area contributed by atoms with Crippen molar-refractivity contribution >= 4 is 17.2 Å². The van der Waals surface area contributed by atoms with E-state index >= 15 is 0 Å². The maximum atomic E-state index is 12.5. The number of carbonyl (C=O) groups is 1. The van der Waals surface area contributed by atoms with Crippen molar-refractivity contribution in [2.45, 2.75) is 26.8 Å². The van der Waals surface area contributed by atoms with E-state index in [0.29, 0.717) is 6.42 Å². The number of hydrogen-bond donors (Lipinski definition) is 0. The Morgan fingerprint density at radius 3 is 2.43 bits per heavy atom. The molecule has 0 atom stereocenters. The van der Waals surface area contributed by atoms with Gasteiger partial charge in [0, 0.05) is 37.6 Å². The average molecular weight is 329 g/mol. The fraction of sp³-hybridized carbons (Fsp3) is 0.444. The molecule has 1 amide bonds. The number of aromatic nitrogens is 1. The molecular weight excluding hydrogens is 306 g/mol. The van der Waals surface area contributed by atoms with Crippen molar-refractivity contribution in [2.24, 2.45) is 0 Å². The van der Waals surface area contributed by atoms with Crippen molar-refractivity contribution < 1.29 is 4.79 Å². The van der Waals surface area contributed by atoms with E-state index in [1.807, 2.05) is 24.8 Å². The van der Waals surface area contributed by atoms with Gasteiger partial charge < -0.3 is 4.90 Å². The molecule has 3 rings (SSSR count). The van der Waals surface area contributed by atoms with E-state index in [9.17, 15) is 4.79 Å². The molecule has 0 aliphatic carbocycles. The van der Waals surface area contributed by atoms with Gasteiger partial charge in [0.1, 0.15) is 0 Å². The van der Waals surface area contributed by atoms with E-state index in [2.05, 4.69) is 34.1 Å². The summed E-state index contributed by atoms with van der Waals surface area (Å²) in [7, 11) is 0. The second-order valence-electron chi connectivity index (χ2n) is 6.06. The second kappa shape index (κ2) is 7.23. The zero-order valence-electron chi connectivity index (χ0n) is 13.8. The molecule has 0 spiro atoms. The van der Waals surface area contributed by atoms with E-state index in [1.165, 1.54) is 10.4 Å². The van der Waals surface area contributed by atoms with E-state index in [-0.39, 0.29) is 5.91 Å². The lowest BCUT2D eigenvalue weighted by Crippen LogP contribution is -2.48. The average Bonchev–Trinajstić information content (AvgIpc) is 2.86. The van der Waals surface area contributed by atoms with Crippen LogP contribution in [0.1, 0.15) is 21.1 Å². The number of aryl methyl sites for hydroxylation is 2. The lowest BCUT2D eigenvalue weighted by Gasteiger charge is -2.34. The number of carbonyl (C=O) groups excluding carboxylic acids is 1. The Morgan fingerprint density at radius 1 is 1.13 bits per heavy atom. The van der Waals surface area contributed by atoms with Crippen LogP contribution >= 0.6 is 11.3 Å². The SMILES string of the molecule is Cc1nc(CC(=O)N2CCN(Cc3ccccc3)CC2)c(C)s1. The lowest BCUT2D eigenvalue weighted by atomic mass is 10.2. The van der Waals surface area contributed by atoms with Crippen molar-refractivity contribution in [3.8, 4) is 0 Å². The van der Waals surface area contributed by atoms with Gasteiger partial charge in [0.05, 0.1) is 17.1 Å². The summed E-state index contributed by atoms with van der Waals surface area (Å²) in [4.78, 5) is 22.5. The van der Waals surface area contributed by atoms with Crippen molar-refractivity contribution in [3.63, 3.8) is 0 Å². The first-order chi connectivity index (χ1) is 11.1. The Labute approximate surface area is 141 Å². The lowest BCUT2D eigenvalue weighted by molar-refractivity contribution is -0.132. The first-order valence-corrected chi connectivity index (χ1v) is 8.90. The van der Waals surface area contributed by atoms with Gasteiger partial charge in [-0.1, -0.05) is 30.3 Å². The molecule has 1 fully saturated rings. The third-order valence-corrected chi connectivity index (χ3v) is 5.22. The molecular formula is C18H23N3OS. The highest BCUT2D eigenvalue weighted by molar-refractivity contribution is 7.11. The van der Waals surface area contributed by atoms with Crippen LogP contribution in [-0.4, -0.2) is 46.9 Å². The Bertz CT molecular complexity index is 660. The Hall–Kier alpha value is -1.72. The largest absolute Gasteiger partial charge is 0.340 e. The minimum absolute atomic E-state index is 0.206. The van der Waals surface area contributed by atoms with Crippen LogP contribution in [0, 0.1) is 13.8 Å². The van der Waals surface area contributed by atoms with E-state index in [1.54, 1.807) is 11.3 Å². The van der Waals surface area contributed by atoms with Gasteiger partial charge in [0.15, 0.2) is 0 Å². The molecule has 2 aromatic rings. The van der Waals surface area contributed by atoms with Crippen molar-refractivity contribution in [2.75, 3.05) is 26.2 Å². The number of nitrogens with zero attached hydrogens (tertiary/aromatic N) is 3. The zero-order valence-corrected chi connectivity index (χ0v) is 14.6. The zero-order chi connectivity index (χ0) is 16.2. The van der Waals surface area contributed by atoms with Crippen molar-refractivity contribution in [3.05, 3.63) is 51.5 Å². The topological polar surface area (TPSA) is 36.4 Å². The molecule has 0 saturated carbocycles. The second-order valence-corrected chi connectivity index (χ2v) is 7.46. The maximum absolute atomic E-state index is 12.5. The molecule has 0 bridgehead atoms. The number of benzene rings is 1. The van der Waals surface area contributed by atoms with Gasteiger partial charge in [0.2, 0.25) is 5.91 Å². The highest BCUT2D eigenvalue weighted by Crippen LogP contribution is 2.18. The molecule has 1 aliphatic rings. The van der Waals surface area contributed by atoms with Crippen molar-refractivity contribution in [1.82, 2.24) is 14.8 Å². The molecule has 1 aliphatic heterocycles. The molecule has 1 saturated heterocycles. The fourth-order valence-corrected chi connectivity index (χ4v) is 3.82. The predicted octanol–water partition coefficient (Wildman–Crippen LogP) is 2.65. The van der Waals surface area contributed by atoms with Crippen LogP contribution in [-0.2, 0) is 17.8 Å². The fourth-order valence-electron chi connectivity index (χ4n) is 2.99. The van der Waals surface area contributed by atoms with Gasteiger partial charge >= 0.3 is 0 Å². The predicted molar refractivity (Wildman–Crippen MR) is 93.6 cm³/mol. The summed E-state index contributed by atoms with van der Waals surface area (Å²) in [5.41, 5.74) is 2.28. The van der Waals surface area contributed by atoms with Crippen LogP contribution in [0.15, 0.2) is 30.3 Å². The molecule has 0 radical (unpaired) electrons. The standard InChI is InChI=1S/C18H23N3OS/c1-14-17(19-15(2)23-14)12-18(22)21-10-8-20(9-11-21)13-16-6-4-3-5-7-16/h3-7H,8-13H2,1-2H3. The molecule has 23 heavy (non-hydrogen) atoms. The van der Waals surface area contributed by atoms with Gasteiger partial charge in [-0.05, 0) is 19.4 Å². The van der Waals surface area contributed by atoms with Crippen molar-refractivity contribution in [1.29, 1.82) is 0 Å². The molecule has 0 unspecified atom stereocenters. The molecule has 2 heterocycles. The smallest absolute Gasteiger partial charge is 0.228 e. The number of piperazine rings is 1. The summed E-state index contributed by atoms with van der Waals surface area (Å²) in [6, 6.07) is 10.5.